The molecule has 0 spiro atoms. The Morgan fingerprint density at radius 1 is 0.979 bits per heavy atom. The van der Waals surface area contributed by atoms with Crippen LogP contribution < -0.4 is 10.1 Å². The van der Waals surface area contributed by atoms with Crippen molar-refractivity contribution in [1.82, 2.24) is 14.7 Å². The lowest BCUT2D eigenvalue weighted by atomic mass is 9.82. The highest BCUT2D eigenvalue weighted by atomic mass is 19.4. The fourth-order valence-corrected chi connectivity index (χ4v) is 5.79. The minimum atomic E-state index is -4.78. The highest BCUT2D eigenvalue weighted by Gasteiger charge is 2.43. The summed E-state index contributed by atoms with van der Waals surface area (Å²) >= 11 is 0. The molecule has 1 N–H and O–H groups in total. The molecule has 1 atom stereocenters. The molecule has 1 fully saturated rings. The highest BCUT2D eigenvalue weighted by Crippen LogP contribution is 2.45. The van der Waals surface area contributed by atoms with Crippen LogP contribution in [0.15, 0.2) is 109 Å². The third-order valence-electron chi connectivity index (χ3n) is 8.58. The first-order valence-corrected chi connectivity index (χ1v) is 15.2. The van der Waals surface area contributed by atoms with E-state index in [9.17, 15) is 23.2 Å². The summed E-state index contributed by atoms with van der Waals surface area (Å²) in [5, 5.41) is 15.8. The number of benzene rings is 4. The van der Waals surface area contributed by atoms with Gasteiger partial charge >= 0.3 is 6.18 Å². The van der Waals surface area contributed by atoms with Crippen LogP contribution in [0.25, 0.3) is 5.69 Å². The SMILES string of the molecule is CN(C1CC1)C(C)(c1cccc(NC(=O)c2cc(C(F)(F)F)nn2-c2cccc(C#N)c2)c1)c1ccccc1OCc1ccccc1. The van der Waals surface area contributed by atoms with E-state index in [0.717, 1.165) is 40.0 Å². The molecule has 1 unspecified atom stereocenters. The molecule has 0 radical (unpaired) electrons. The number of nitrogens with zero attached hydrogens (tertiary/aromatic N) is 4. The van der Waals surface area contributed by atoms with E-state index in [4.69, 9.17) is 4.74 Å². The van der Waals surface area contributed by atoms with Crippen LogP contribution in [-0.2, 0) is 18.3 Å². The molecule has 1 aliphatic carbocycles. The summed E-state index contributed by atoms with van der Waals surface area (Å²) < 4.78 is 48.5. The number of nitriles is 1. The average Bonchev–Trinajstić information content (AvgIpc) is 3.83. The van der Waals surface area contributed by atoms with Gasteiger partial charge in [-0.05, 0) is 74.3 Å². The van der Waals surface area contributed by atoms with E-state index in [1.54, 1.807) is 6.07 Å². The molecule has 1 saturated carbocycles. The first-order chi connectivity index (χ1) is 22.6. The lowest BCUT2D eigenvalue weighted by Gasteiger charge is -2.41. The van der Waals surface area contributed by atoms with Gasteiger partial charge in [0.1, 0.15) is 18.1 Å². The zero-order valence-corrected chi connectivity index (χ0v) is 25.8. The van der Waals surface area contributed by atoms with Crippen LogP contribution in [0.5, 0.6) is 5.75 Å². The number of carbonyl (C=O) groups is 1. The molecule has 6 rings (SSSR count). The third kappa shape index (κ3) is 6.62. The molecule has 238 valence electrons. The molecule has 0 bridgehead atoms. The first kappa shape index (κ1) is 31.6. The molecular formula is C37H32F3N5O2. The summed E-state index contributed by atoms with van der Waals surface area (Å²) in [6.07, 6.45) is -2.68. The van der Waals surface area contributed by atoms with Crippen molar-refractivity contribution in [2.45, 2.75) is 44.1 Å². The smallest absolute Gasteiger partial charge is 0.435 e. The molecule has 1 aromatic heterocycles. The van der Waals surface area contributed by atoms with Gasteiger partial charge < -0.3 is 10.1 Å². The monoisotopic (exact) mass is 635 g/mol. The molecule has 4 aromatic carbocycles. The van der Waals surface area contributed by atoms with Crippen molar-refractivity contribution in [2.75, 3.05) is 12.4 Å². The average molecular weight is 636 g/mol. The van der Waals surface area contributed by atoms with Gasteiger partial charge in [0.15, 0.2) is 5.69 Å². The molecule has 47 heavy (non-hydrogen) atoms. The predicted octanol–water partition coefficient (Wildman–Crippen LogP) is 7.95. The molecular weight excluding hydrogens is 603 g/mol. The fraction of sp³-hybridized carbons (Fsp3) is 0.216. The second kappa shape index (κ2) is 12.8. The quantitative estimate of drug-likeness (QED) is 0.168. The Labute approximate surface area is 270 Å². The van der Waals surface area contributed by atoms with Crippen LogP contribution in [0.3, 0.4) is 0 Å². The minimum absolute atomic E-state index is 0.157. The molecule has 1 heterocycles. The number of anilines is 1. The molecule has 10 heteroatoms. The third-order valence-corrected chi connectivity index (χ3v) is 8.58. The topological polar surface area (TPSA) is 83.2 Å². The number of rotatable bonds is 10. The Hall–Kier alpha value is -5.40. The number of carbonyl (C=O) groups excluding carboxylic acids is 1. The number of ether oxygens (including phenoxy) is 1. The van der Waals surface area contributed by atoms with Crippen molar-refractivity contribution >= 4 is 11.6 Å². The number of nitrogens with one attached hydrogen (secondary N) is 1. The summed E-state index contributed by atoms with van der Waals surface area (Å²) in [7, 11) is 2.07. The Balaban J connectivity index is 1.35. The second-order valence-electron chi connectivity index (χ2n) is 11.7. The van der Waals surface area contributed by atoms with Gasteiger partial charge in [-0.3, -0.25) is 9.69 Å². The van der Waals surface area contributed by atoms with E-state index in [-0.39, 0.29) is 16.9 Å². The molecule has 7 nitrogen and oxygen atoms in total. The van der Waals surface area contributed by atoms with Crippen LogP contribution in [0.1, 0.15) is 58.2 Å². The molecule has 5 aromatic rings. The van der Waals surface area contributed by atoms with Gasteiger partial charge in [-0.15, -0.1) is 0 Å². The van der Waals surface area contributed by atoms with Gasteiger partial charge in [-0.25, -0.2) is 4.68 Å². The maximum absolute atomic E-state index is 13.7. The van der Waals surface area contributed by atoms with E-state index in [1.165, 1.54) is 24.3 Å². The Kier molecular flexibility index (Phi) is 8.58. The summed E-state index contributed by atoms with van der Waals surface area (Å²) in [5.41, 5.74) is 1.40. The van der Waals surface area contributed by atoms with Gasteiger partial charge in [0.2, 0.25) is 0 Å². The van der Waals surface area contributed by atoms with Crippen LogP contribution >= 0.6 is 0 Å². The molecule has 1 aliphatic rings. The number of hydrogen-bond acceptors (Lipinski definition) is 5. The number of amides is 1. The van der Waals surface area contributed by atoms with E-state index in [2.05, 4.69) is 29.3 Å². The van der Waals surface area contributed by atoms with Crippen molar-refractivity contribution in [1.29, 1.82) is 5.26 Å². The zero-order valence-electron chi connectivity index (χ0n) is 25.8. The van der Waals surface area contributed by atoms with Crippen LogP contribution in [0.4, 0.5) is 18.9 Å². The van der Waals surface area contributed by atoms with Crippen LogP contribution in [-0.4, -0.2) is 33.7 Å². The van der Waals surface area contributed by atoms with Gasteiger partial charge in [0.25, 0.3) is 5.91 Å². The minimum Gasteiger partial charge on any atom is -0.489 e. The predicted molar refractivity (Wildman–Crippen MR) is 172 cm³/mol. The van der Waals surface area contributed by atoms with Crippen molar-refractivity contribution < 1.29 is 22.7 Å². The van der Waals surface area contributed by atoms with Crippen molar-refractivity contribution in [3.05, 3.63) is 143 Å². The number of halogens is 3. The van der Waals surface area contributed by atoms with Crippen LogP contribution in [0, 0.1) is 11.3 Å². The zero-order chi connectivity index (χ0) is 33.2. The number of hydrogen-bond donors (Lipinski definition) is 1. The highest BCUT2D eigenvalue weighted by molar-refractivity contribution is 6.03. The van der Waals surface area contributed by atoms with E-state index in [0.29, 0.717) is 24.4 Å². The second-order valence-corrected chi connectivity index (χ2v) is 11.7. The number of para-hydroxylation sites is 1. The van der Waals surface area contributed by atoms with E-state index in [1.807, 2.05) is 78.9 Å². The largest absolute Gasteiger partial charge is 0.489 e. The summed E-state index contributed by atoms with van der Waals surface area (Å²) in [6.45, 7) is 2.51. The Morgan fingerprint density at radius 3 is 2.43 bits per heavy atom. The Morgan fingerprint density at radius 2 is 1.70 bits per heavy atom. The molecule has 1 amide bonds. The maximum atomic E-state index is 13.7. The first-order valence-electron chi connectivity index (χ1n) is 15.2. The van der Waals surface area contributed by atoms with Crippen LogP contribution in [0.2, 0.25) is 0 Å². The van der Waals surface area contributed by atoms with E-state index < -0.39 is 23.3 Å². The van der Waals surface area contributed by atoms with Gasteiger partial charge in [-0.1, -0.05) is 66.7 Å². The standard InChI is InChI=1S/C37H32F3N5O2/c1-36(44(2)29-18-19-29,31-16-6-7-17-33(31)47-24-25-10-4-3-5-11-25)27-13-9-14-28(21-27)42-35(46)32-22-34(37(38,39)40)43-45(32)30-15-8-12-26(20-30)23-41/h3-17,20-22,29H,18-19,24H2,1-2H3,(H,42,46). The van der Waals surface area contributed by atoms with Gasteiger partial charge in [-0.2, -0.15) is 23.5 Å². The lowest BCUT2D eigenvalue weighted by Crippen LogP contribution is -2.44. The maximum Gasteiger partial charge on any atom is 0.435 e. The lowest BCUT2D eigenvalue weighted by molar-refractivity contribution is -0.141. The molecule has 0 aliphatic heterocycles. The summed E-state index contributed by atoms with van der Waals surface area (Å²) in [6, 6.07) is 34.0. The normalized spacial score (nSPS) is 14.3. The van der Waals surface area contributed by atoms with E-state index >= 15 is 0 Å². The number of alkyl halides is 3. The van der Waals surface area contributed by atoms with Gasteiger partial charge in [0, 0.05) is 23.4 Å². The Bertz CT molecular complexity index is 1950. The molecule has 0 saturated heterocycles. The summed E-state index contributed by atoms with van der Waals surface area (Å²) in [4.78, 5) is 15.9. The summed E-state index contributed by atoms with van der Waals surface area (Å²) in [5.74, 6) is -0.0553. The van der Waals surface area contributed by atoms with Crippen molar-refractivity contribution in [3.63, 3.8) is 0 Å². The van der Waals surface area contributed by atoms with Crippen molar-refractivity contribution in [3.8, 4) is 17.5 Å². The fourth-order valence-electron chi connectivity index (χ4n) is 5.79. The number of aromatic nitrogens is 2. The van der Waals surface area contributed by atoms with Gasteiger partial charge in [0.05, 0.1) is 22.9 Å². The van der Waals surface area contributed by atoms with Crippen molar-refractivity contribution in [2.24, 2.45) is 0 Å².